The molecule has 1 aromatic carbocycles. The number of carbonyl (C=O) groups excluding carboxylic acids is 1. The van der Waals surface area contributed by atoms with E-state index < -0.39 is 11.6 Å². The quantitative estimate of drug-likeness (QED) is 0.440. The van der Waals surface area contributed by atoms with Crippen molar-refractivity contribution in [3.8, 4) is 0 Å². The molecule has 70 valence electrons. The molecule has 0 atom stereocenters. The van der Waals surface area contributed by atoms with Crippen molar-refractivity contribution in [3.05, 3.63) is 33.6 Å². The number of Topliss-reactive ketones (excluding diaryl/α,β-unsaturated/α-hetero) is 1. The van der Waals surface area contributed by atoms with Gasteiger partial charge >= 0.3 is 0 Å². The minimum absolute atomic E-state index is 0.0542. The molecule has 0 aliphatic rings. The Kier molecular flexibility index (Phi) is 3.54. The maximum Gasteiger partial charge on any atom is 0.179 e. The molecule has 0 N–H and O–H groups in total. The van der Waals surface area contributed by atoms with Gasteiger partial charge in [-0.2, -0.15) is 0 Å². The van der Waals surface area contributed by atoms with Crippen LogP contribution in [-0.2, 0) is 0 Å². The van der Waals surface area contributed by atoms with Crippen LogP contribution < -0.4 is 0 Å². The number of rotatable bonds is 2. The molecular weight excluding hydrogens is 237 g/mol. The molecule has 0 aromatic heterocycles. The lowest BCUT2D eigenvalue weighted by Gasteiger charge is -2.02. The van der Waals surface area contributed by atoms with Gasteiger partial charge in [-0.3, -0.25) is 4.79 Å². The first kappa shape index (κ1) is 10.8. The van der Waals surface area contributed by atoms with Crippen molar-refractivity contribution in [2.75, 3.05) is 5.88 Å². The Bertz CT molecular complexity index is 351. The zero-order chi connectivity index (χ0) is 10.0. The van der Waals surface area contributed by atoms with Gasteiger partial charge in [-0.1, -0.05) is 23.2 Å². The number of benzene rings is 1. The zero-order valence-corrected chi connectivity index (χ0v) is 8.55. The number of alkyl halides is 1. The maximum absolute atomic E-state index is 13.0. The van der Waals surface area contributed by atoms with Gasteiger partial charge in [0.1, 0.15) is 0 Å². The van der Waals surface area contributed by atoms with E-state index in [2.05, 4.69) is 0 Å². The average molecular weight is 241 g/mol. The first-order valence-corrected chi connectivity index (χ1v) is 4.59. The van der Waals surface area contributed by atoms with Gasteiger partial charge in [0, 0.05) is 5.56 Å². The molecule has 0 saturated heterocycles. The van der Waals surface area contributed by atoms with Crippen LogP contribution in [-0.4, -0.2) is 11.7 Å². The van der Waals surface area contributed by atoms with E-state index in [1.54, 1.807) is 0 Å². The van der Waals surface area contributed by atoms with Crippen molar-refractivity contribution in [2.24, 2.45) is 0 Å². The van der Waals surface area contributed by atoms with E-state index in [-0.39, 0.29) is 21.5 Å². The molecule has 0 radical (unpaired) electrons. The molecule has 0 amide bonds. The Hall–Kier alpha value is -0.310. The van der Waals surface area contributed by atoms with Gasteiger partial charge in [-0.15, -0.1) is 11.6 Å². The van der Waals surface area contributed by atoms with Gasteiger partial charge in [-0.05, 0) is 12.1 Å². The van der Waals surface area contributed by atoms with Crippen molar-refractivity contribution < 1.29 is 9.18 Å². The van der Waals surface area contributed by atoms with Gasteiger partial charge in [0.2, 0.25) is 0 Å². The van der Waals surface area contributed by atoms with E-state index in [0.29, 0.717) is 0 Å². The van der Waals surface area contributed by atoms with E-state index in [0.717, 1.165) is 0 Å². The Balaban J connectivity index is 3.26. The Morgan fingerprint density at radius 1 is 1.38 bits per heavy atom. The zero-order valence-electron chi connectivity index (χ0n) is 6.28. The minimum Gasteiger partial charge on any atom is -0.293 e. The molecule has 0 aliphatic heterocycles. The second-order valence-corrected chi connectivity index (χ2v) is 3.33. The largest absolute Gasteiger partial charge is 0.293 e. The molecule has 1 aromatic rings. The number of carbonyl (C=O) groups is 1. The lowest BCUT2D eigenvalue weighted by atomic mass is 10.1. The highest BCUT2D eigenvalue weighted by Crippen LogP contribution is 2.26. The lowest BCUT2D eigenvalue weighted by Crippen LogP contribution is -2.02. The van der Waals surface area contributed by atoms with E-state index in [1.807, 2.05) is 0 Å². The molecule has 13 heavy (non-hydrogen) atoms. The third-order valence-corrected chi connectivity index (χ3v) is 2.36. The highest BCUT2D eigenvalue weighted by Gasteiger charge is 2.14. The fourth-order valence-electron chi connectivity index (χ4n) is 0.813. The van der Waals surface area contributed by atoms with Crippen LogP contribution in [0.25, 0.3) is 0 Å². The summed E-state index contributed by atoms with van der Waals surface area (Å²) in [7, 11) is 0. The fourth-order valence-corrected chi connectivity index (χ4v) is 1.43. The lowest BCUT2D eigenvalue weighted by molar-refractivity contribution is 0.102. The third kappa shape index (κ3) is 2.13. The second-order valence-electron chi connectivity index (χ2n) is 2.28. The Morgan fingerprint density at radius 3 is 2.54 bits per heavy atom. The van der Waals surface area contributed by atoms with Crippen molar-refractivity contribution in [3.63, 3.8) is 0 Å². The summed E-state index contributed by atoms with van der Waals surface area (Å²) in [5.74, 6) is -1.46. The van der Waals surface area contributed by atoms with Crippen molar-refractivity contribution >= 4 is 40.6 Å². The Labute approximate surface area is 89.4 Å². The molecular formula is C8H4Cl3FO. The van der Waals surface area contributed by atoms with Gasteiger partial charge in [0.05, 0.1) is 15.9 Å². The topological polar surface area (TPSA) is 17.1 Å². The smallest absolute Gasteiger partial charge is 0.179 e. The van der Waals surface area contributed by atoms with Crippen LogP contribution in [0.5, 0.6) is 0 Å². The summed E-state index contributed by atoms with van der Waals surface area (Å²) in [5.41, 5.74) is 0.0542. The summed E-state index contributed by atoms with van der Waals surface area (Å²) in [6.07, 6.45) is 0. The molecule has 0 unspecified atom stereocenters. The standard InChI is InChI=1S/C8H4Cl3FO/c9-3-6(13)4-1-2-5(10)8(12)7(4)11/h1-2H,3H2. The maximum atomic E-state index is 13.0. The molecule has 0 saturated carbocycles. The Morgan fingerprint density at radius 2 is 2.00 bits per heavy atom. The molecule has 0 heterocycles. The molecule has 5 heteroatoms. The first-order valence-electron chi connectivity index (χ1n) is 3.30. The molecule has 1 rings (SSSR count). The number of ketones is 1. The highest BCUT2D eigenvalue weighted by molar-refractivity contribution is 6.39. The third-order valence-electron chi connectivity index (χ3n) is 1.46. The van der Waals surface area contributed by atoms with Gasteiger partial charge in [-0.25, -0.2) is 4.39 Å². The molecule has 0 fully saturated rings. The number of hydrogen-bond acceptors (Lipinski definition) is 1. The highest BCUT2D eigenvalue weighted by atomic mass is 35.5. The normalized spacial score (nSPS) is 10.2. The monoisotopic (exact) mass is 240 g/mol. The van der Waals surface area contributed by atoms with Crippen LogP contribution >= 0.6 is 34.8 Å². The minimum atomic E-state index is -0.792. The SMILES string of the molecule is O=C(CCl)c1ccc(Cl)c(F)c1Cl. The molecule has 0 spiro atoms. The summed E-state index contributed by atoms with van der Waals surface area (Å²) < 4.78 is 13.0. The van der Waals surface area contributed by atoms with Crippen molar-refractivity contribution in [1.82, 2.24) is 0 Å². The van der Waals surface area contributed by atoms with Crippen LogP contribution in [0, 0.1) is 5.82 Å². The van der Waals surface area contributed by atoms with Crippen LogP contribution in [0.2, 0.25) is 10.0 Å². The summed E-state index contributed by atoms with van der Waals surface area (Å²) in [4.78, 5) is 11.1. The number of hydrogen-bond donors (Lipinski definition) is 0. The molecule has 0 aliphatic carbocycles. The summed E-state index contributed by atoms with van der Waals surface area (Å²) in [5, 5.41) is -0.394. The number of halogens is 4. The van der Waals surface area contributed by atoms with Crippen LogP contribution in [0.15, 0.2) is 12.1 Å². The first-order chi connectivity index (χ1) is 6.07. The summed E-state index contributed by atoms with van der Waals surface area (Å²) >= 11 is 16.3. The molecule has 1 nitrogen and oxygen atoms in total. The van der Waals surface area contributed by atoms with E-state index in [1.165, 1.54) is 12.1 Å². The predicted octanol–water partition coefficient (Wildman–Crippen LogP) is 3.55. The van der Waals surface area contributed by atoms with Crippen molar-refractivity contribution in [2.45, 2.75) is 0 Å². The van der Waals surface area contributed by atoms with Crippen LogP contribution in [0.1, 0.15) is 10.4 Å². The second kappa shape index (κ2) is 4.27. The van der Waals surface area contributed by atoms with Crippen molar-refractivity contribution in [1.29, 1.82) is 0 Å². The molecule has 0 bridgehead atoms. The van der Waals surface area contributed by atoms with Gasteiger partial charge in [0.15, 0.2) is 11.6 Å². The summed E-state index contributed by atoms with van der Waals surface area (Å²) in [6.45, 7) is 0. The van der Waals surface area contributed by atoms with Gasteiger partial charge < -0.3 is 0 Å². The van der Waals surface area contributed by atoms with Gasteiger partial charge in [0.25, 0.3) is 0 Å². The van der Waals surface area contributed by atoms with Crippen LogP contribution in [0.4, 0.5) is 4.39 Å². The summed E-state index contributed by atoms with van der Waals surface area (Å²) in [6, 6.07) is 2.61. The average Bonchev–Trinajstić information content (AvgIpc) is 2.13. The van der Waals surface area contributed by atoms with Crippen LogP contribution in [0.3, 0.4) is 0 Å². The fraction of sp³-hybridized carbons (Fsp3) is 0.125. The van der Waals surface area contributed by atoms with E-state index >= 15 is 0 Å². The van der Waals surface area contributed by atoms with E-state index in [9.17, 15) is 9.18 Å². The van der Waals surface area contributed by atoms with E-state index in [4.69, 9.17) is 34.8 Å². The predicted molar refractivity (Wildman–Crippen MR) is 51.5 cm³/mol.